The quantitative estimate of drug-likeness (QED) is 0.589. The van der Waals surface area contributed by atoms with Crippen LogP contribution in [0.3, 0.4) is 0 Å². The van der Waals surface area contributed by atoms with Gasteiger partial charge in [-0.1, -0.05) is 23.0 Å². The Morgan fingerprint density at radius 2 is 2.28 bits per heavy atom. The predicted molar refractivity (Wildman–Crippen MR) is 97.4 cm³/mol. The Hall–Kier alpha value is -2.13. The number of hydrogen-bond donors (Lipinski definition) is 0. The number of carbonyl (C=O) groups excluding carboxylic acids is 1. The van der Waals surface area contributed by atoms with Crippen LogP contribution in [-0.4, -0.2) is 43.5 Å². The molecule has 0 spiro atoms. The first-order valence-electron chi connectivity index (χ1n) is 7.84. The topological polar surface area (TPSA) is 77.0 Å². The summed E-state index contributed by atoms with van der Waals surface area (Å²) in [4.78, 5) is 15.1. The molecule has 0 aliphatic heterocycles. The first-order valence-corrected chi connectivity index (χ1v) is 9.71. The minimum Gasteiger partial charge on any atom is -0.361 e. The van der Waals surface area contributed by atoms with Crippen molar-refractivity contribution in [2.45, 2.75) is 32.1 Å². The van der Waals surface area contributed by atoms with Gasteiger partial charge in [-0.05, 0) is 25.3 Å². The first kappa shape index (κ1) is 17.7. The summed E-state index contributed by atoms with van der Waals surface area (Å²) in [6, 6.07) is 5.84. The summed E-state index contributed by atoms with van der Waals surface area (Å²) in [5, 5.41) is 15.2. The van der Waals surface area contributed by atoms with Gasteiger partial charge in [0.15, 0.2) is 11.0 Å². The van der Waals surface area contributed by atoms with Gasteiger partial charge in [0.05, 0.1) is 17.2 Å². The second-order valence-corrected chi connectivity index (χ2v) is 7.39. The lowest BCUT2D eigenvalue weighted by atomic mass is 10.3. The molecule has 132 valence electrons. The Bertz CT molecular complexity index is 841. The largest absolute Gasteiger partial charge is 0.361 e. The fraction of sp³-hybridized carbons (Fsp3) is 0.375. The van der Waals surface area contributed by atoms with Crippen molar-refractivity contribution in [1.29, 1.82) is 0 Å². The predicted octanol–water partition coefficient (Wildman–Crippen LogP) is 3.07. The summed E-state index contributed by atoms with van der Waals surface area (Å²) in [5.74, 6) is 1.89. The third-order valence-corrected chi connectivity index (χ3v) is 5.42. The summed E-state index contributed by atoms with van der Waals surface area (Å²) in [5.41, 5.74) is 0.745. The van der Waals surface area contributed by atoms with Gasteiger partial charge in [0.1, 0.15) is 11.5 Å². The van der Waals surface area contributed by atoms with Crippen molar-refractivity contribution < 1.29 is 9.32 Å². The zero-order valence-corrected chi connectivity index (χ0v) is 15.9. The fourth-order valence-corrected chi connectivity index (χ4v) is 3.99. The summed E-state index contributed by atoms with van der Waals surface area (Å²) in [7, 11) is 1.76. The number of thiophene rings is 1. The van der Waals surface area contributed by atoms with Crippen molar-refractivity contribution in [3.05, 3.63) is 35.0 Å². The molecule has 0 saturated heterocycles. The molecule has 0 saturated carbocycles. The Morgan fingerprint density at radius 1 is 1.44 bits per heavy atom. The smallest absolute Gasteiger partial charge is 0.233 e. The van der Waals surface area contributed by atoms with E-state index in [9.17, 15) is 4.79 Å². The molecule has 3 heterocycles. The van der Waals surface area contributed by atoms with Crippen molar-refractivity contribution in [3.8, 4) is 10.7 Å². The van der Waals surface area contributed by atoms with Crippen LogP contribution in [0.4, 0.5) is 0 Å². The summed E-state index contributed by atoms with van der Waals surface area (Å²) >= 11 is 3.03. The number of nitrogens with zero attached hydrogens (tertiary/aromatic N) is 5. The van der Waals surface area contributed by atoms with E-state index in [1.807, 2.05) is 42.0 Å². The van der Waals surface area contributed by atoms with Gasteiger partial charge in [-0.15, -0.1) is 21.5 Å². The van der Waals surface area contributed by atoms with E-state index in [-0.39, 0.29) is 5.91 Å². The third kappa shape index (κ3) is 4.10. The summed E-state index contributed by atoms with van der Waals surface area (Å²) in [6.07, 6.45) is 0. The zero-order chi connectivity index (χ0) is 17.8. The molecule has 0 N–H and O–H groups in total. The van der Waals surface area contributed by atoms with Gasteiger partial charge < -0.3 is 14.0 Å². The van der Waals surface area contributed by atoms with Crippen molar-refractivity contribution in [3.63, 3.8) is 0 Å². The number of aryl methyl sites for hydroxylation is 1. The normalized spacial score (nSPS) is 11.0. The maximum absolute atomic E-state index is 12.4. The molecule has 0 radical (unpaired) electrons. The molecule has 25 heavy (non-hydrogen) atoms. The highest BCUT2D eigenvalue weighted by atomic mass is 32.2. The number of amides is 1. The van der Waals surface area contributed by atoms with E-state index in [0.29, 0.717) is 12.3 Å². The van der Waals surface area contributed by atoms with Crippen molar-refractivity contribution in [2.75, 3.05) is 12.8 Å². The summed E-state index contributed by atoms with van der Waals surface area (Å²) in [6.45, 7) is 5.06. The first-order chi connectivity index (χ1) is 12.1. The van der Waals surface area contributed by atoms with Crippen LogP contribution in [0.5, 0.6) is 0 Å². The van der Waals surface area contributed by atoms with Crippen molar-refractivity contribution in [1.82, 2.24) is 24.8 Å². The van der Waals surface area contributed by atoms with Gasteiger partial charge in [-0.3, -0.25) is 4.79 Å². The lowest BCUT2D eigenvalue weighted by molar-refractivity contribution is -0.127. The van der Waals surface area contributed by atoms with E-state index in [4.69, 9.17) is 4.52 Å². The molecule has 0 atom stereocenters. The molecule has 3 aromatic rings. The van der Waals surface area contributed by atoms with Crippen LogP contribution in [-0.2, 0) is 17.9 Å². The van der Waals surface area contributed by atoms with E-state index in [0.717, 1.165) is 33.9 Å². The molecule has 7 nitrogen and oxygen atoms in total. The van der Waals surface area contributed by atoms with Gasteiger partial charge in [0.25, 0.3) is 0 Å². The minimum absolute atomic E-state index is 0.00831. The lowest BCUT2D eigenvalue weighted by Gasteiger charge is -2.15. The molecule has 0 aliphatic carbocycles. The van der Waals surface area contributed by atoms with Gasteiger partial charge in [-0.25, -0.2) is 0 Å². The number of carbonyl (C=O) groups is 1. The Morgan fingerprint density at radius 3 is 2.92 bits per heavy atom. The summed E-state index contributed by atoms with van der Waals surface area (Å²) < 4.78 is 7.06. The number of aromatic nitrogens is 4. The molecule has 0 fully saturated rings. The Kier molecular flexibility index (Phi) is 5.54. The van der Waals surface area contributed by atoms with Gasteiger partial charge in [0.2, 0.25) is 5.91 Å². The number of rotatable bonds is 7. The molecule has 0 aliphatic rings. The monoisotopic (exact) mass is 377 g/mol. The second-order valence-electron chi connectivity index (χ2n) is 5.50. The van der Waals surface area contributed by atoms with Crippen molar-refractivity contribution in [2.24, 2.45) is 0 Å². The molecule has 3 aromatic heterocycles. The zero-order valence-electron chi connectivity index (χ0n) is 14.3. The van der Waals surface area contributed by atoms with Gasteiger partial charge >= 0.3 is 0 Å². The SMILES string of the molecule is CCn1c(SCC(=O)N(C)Cc2cc(C)on2)nnc1-c1cccs1. The number of hydrogen-bond acceptors (Lipinski definition) is 7. The molecule has 0 bridgehead atoms. The molecule has 0 unspecified atom stereocenters. The van der Waals surface area contributed by atoms with Crippen LogP contribution < -0.4 is 0 Å². The maximum atomic E-state index is 12.4. The van der Waals surface area contributed by atoms with E-state index in [2.05, 4.69) is 15.4 Å². The van der Waals surface area contributed by atoms with Crippen LogP contribution in [0.25, 0.3) is 10.7 Å². The molecule has 3 rings (SSSR count). The molecule has 0 aromatic carbocycles. The van der Waals surface area contributed by atoms with Crippen LogP contribution in [0.1, 0.15) is 18.4 Å². The Labute approximate surface area is 154 Å². The molecule has 1 amide bonds. The third-order valence-electron chi connectivity index (χ3n) is 3.60. The lowest BCUT2D eigenvalue weighted by Crippen LogP contribution is -2.28. The van der Waals surface area contributed by atoms with Gasteiger partial charge in [0, 0.05) is 19.7 Å². The molecular weight excluding hydrogens is 358 g/mol. The van der Waals surface area contributed by atoms with Crippen LogP contribution >= 0.6 is 23.1 Å². The maximum Gasteiger partial charge on any atom is 0.233 e. The van der Waals surface area contributed by atoms with Crippen LogP contribution in [0, 0.1) is 6.92 Å². The Balaban J connectivity index is 1.62. The highest BCUT2D eigenvalue weighted by molar-refractivity contribution is 7.99. The fourth-order valence-electron chi connectivity index (χ4n) is 2.33. The average Bonchev–Trinajstić information content (AvgIpc) is 3.32. The van der Waals surface area contributed by atoms with Crippen LogP contribution in [0.15, 0.2) is 33.3 Å². The van der Waals surface area contributed by atoms with Crippen molar-refractivity contribution >= 4 is 29.0 Å². The highest BCUT2D eigenvalue weighted by Gasteiger charge is 2.17. The van der Waals surface area contributed by atoms with E-state index in [1.165, 1.54) is 11.8 Å². The second kappa shape index (κ2) is 7.83. The molecular formula is C16H19N5O2S2. The van der Waals surface area contributed by atoms with Crippen LogP contribution in [0.2, 0.25) is 0 Å². The highest BCUT2D eigenvalue weighted by Crippen LogP contribution is 2.27. The number of thioether (sulfide) groups is 1. The van der Waals surface area contributed by atoms with E-state index < -0.39 is 0 Å². The van der Waals surface area contributed by atoms with E-state index in [1.54, 1.807) is 23.3 Å². The molecule has 9 heteroatoms. The van der Waals surface area contributed by atoms with E-state index >= 15 is 0 Å². The minimum atomic E-state index is 0.00831. The van der Waals surface area contributed by atoms with Gasteiger partial charge in [-0.2, -0.15) is 0 Å². The average molecular weight is 377 g/mol. The standard InChI is InChI=1S/C16H19N5O2S2/c1-4-21-15(13-6-5-7-24-13)17-18-16(21)25-10-14(22)20(3)9-12-8-11(2)23-19-12/h5-8H,4,9-10H2,1-3H3.